The Morgan fingerprint density at radius 2 is 1.00 bits per heavy atom. The van der Waals surface area contributed by atoms with Gasteiger partial charge in [0.1, 0.15) is 5.82 Å². The Morgan fingerprint density at radius 3 is 1.67 bits per heavy atom. The molecule has 12 rings (SSSR count). The van der Waals surface area contributed by atoms with E-state index in [1.807, 2.05) is 59.2 Å². The second kappa shape index (κ2) is 21.6. The van der Waals surface area contributed by atoms with E-state index in [4.69, 9.17) is 13.8 Å². The molecule has 1 aliphatic rings. The summed E-state index contributed by atoms with van der Waals surface area (Å²) in [5.41, 5.74) is 18.5. The number of pyridine rings is 1. The van der Waals surface area contributed by atoms with Crippen molar-refractivity contribution < 1.29 is 29.9 Å². The van der Waals surface area contributed by atoms with Crippen LogP contribution in [-0.4, -0.2) is 9.55 Å². The smallest absolute Gasteiger partial charge is 0.135 e. The van der Waals surface area contributed by atoms with Gasteiger partial charge < -0.3 is 19.1 Å². The summed E-state index contributed by atoms with van der Waals surface area (Å²) in [4.78, 5) is 9.60. The van der Waals surface area contributed by atoms with Crippen molar-refractivity contribution in [3.63, 3.8) is 0 Å². The van der Waals surface area contributed by atoms with Crippen LogP contribution in [0.15, 0.2) is 200 Å². The van der Waals surface area contributed by atoms with Gasteiger partial charge in [0.2, 0.25) is 0 Å². The third-order valence-electron chi connectivity index (χ3n) is 16.1. The number of benzene rings is 9. The molecular weight excluding hydrogens is 1190 g/mol. The monoisotopic (exact) mass is 1270 g/mol. The van der Waals surface area contributed by atoms with Gasteiger partial charge in [-0.05, 0) is 126 Å². The maximum Gasteiger partial charge on any atom is 0.135 e. The number of anilines is 4. The summed E-state index contributed by atoms with van der Waals surface area (Å²) in [5.74, 6) is 1.46. The molecule has 420 valence electrons. The first-order chi connectivity index (χ1) is 40.3. The number of fused-ring (bicyclic) bond motifs is 4. The average Bonchev–Trinajstić information content (AvgIpc) is 1.52. The molecule has 0 amide bonds. The van der Waals surface area contributed by atoms with Crippen molar-refractivity contribution in [2.24, 2.45) is 0 Å². The SMILES string of the molecule is [2H]C([2H])([2H])c1cc(-n2c3[c-]c(Oc4[c-]c(N5[CH-]N(c6c(-c7ccc(-c8ccccc8)cc7)cc(C(C)(C)C)cc6-c6cc(C(C)(C)C)cc(C(C)(C)C)c6)c6ccccc65)ccc4)ccc3c3ccccc32)ncc1-c1cccc(C(C)(C)C)c1.[Pt]. The number of ether oxygens (including phenoxy) is 1. The van der Waals surface area contributed by atoms with Gasteiger partial charge in [-0.3, -0.25) is 0 Å². The van der Waals surface area contributed by atoms with Crippen molar-refractivity contribution in [2.45, 2.75) is 112 Å². The van der Waals surface area contributed by atoms with E-state index in [-0.39, 0.29) is 48.3 Å². The molecule has 0 aliphatic carbocycles. The maximum atomic E-state index is 8.78. The molecule has 0 atom stereocenters. The normalized spacial score (nSPS) is 13.6. The first-order valence-corrected chi connectivity index (χ1v) is 28.6. The van der Waals surface area contributed by atoms with Crippen molar-refractivity contribution in [1.29, 1.82) is 0 Å². The summed E-state index contributed by atoms with van der Waals surface area (Å²) in [7, 11) is 0. The fourth-order valence-electron chi connectivity index (χ4n) is 11.2. The molecule has 0 saturated heterocycles. The quantitative estimate of drug-likeness (QED) is 0.135. The molecule has 6 heteroatoms. The summed E-state index contributed by atoms with van der Waals surface area (Å²) in [6.45, 7) is 27.0. The van der Waals surface area contributed by atoms with E-state index < -0.39 is 6.85 Å². The predicted octanol–water partition coefficient (Wildman–Crippen LogP) is 21.1. The van der Waals surface area contributed by atoms with Crippen LogP contribution in [-0.2, 0) is 42.7 Å². The minimum Gasteiger partial charge on any atom is -0.509 e. The molecule has 0 saturated carbocycles. The summed E-state index contributed by atoms with van der Waals surface area (Å²) < 4.78 is 35.1. The molecule has 0 fully saturated rings. The topological polar surface area (TPSA) is 33.5 Å². The predicted molar refractivity (Wildman–Crippen MR) is 346 cm³/mol. The fraction of sp³-hybridized carbons (Fsp3) is 0.221. The number of hydrogen-bond acceptors (Lipinski definition) is 4. The zero-order chi connectivity index (χ0) is 60.0. The van der Waals surface area contributed by atoms with Crippen LogP contribution in [0.4, 0.5) is 22.7 Å². The van der Waals surface area contributed by atoms with E-state index in [2.05, 4.69) is 245 Å². The van der Waals surface area contributed by atoms with Crippen LogP contribution in [0.1, 0.15) is 115 Å². The number of para-hydroxylation sites is 3. The number of aromatic nitrogens is 2. The number of aryl methyl sites for hydroxylation is 1. The molecule has 0 bridgehead atoms. The van der Waals surface area contributed by atoms with Crippen LogP contribution < -0.4 is 14.5 Å². The second-order valence-corrected chi connectivity index (χ2v) is 26.1. The number of hydrogen-bond donors (Lipinski definition) is 0. The Bertz CT molecular complexity index is 4310. The van der Waals surface area contributed by atoms with Crippen LogP contribution in [0.2, 0.25) is 0 Å². The molecule has 11 aromatic rings. The third-order valence-corrected chi connectivity index (χ3v) is 16.1. The molecule has 0 N–H and O–H groups in total. The molecule has 1 aliphatic heterocycles. The molecule has 0 unspecified atom stereocenters. The van der Waals surface area contributed by atoms with Gasteiger partial charge in [-0.25, -0.2) is 4.98 Å². The summed E-state index contributed by atoms with van der Waals surface area (Å²) in [6, 6.07) is 75.5. The van der Waals surface area contributed by atoms with E-state index in [1.54, 1.807) is 12.3 Å². The van der Waals surface area contributed by atoms with Gasteiger partial charge in [-0.1, -0.05) is 216 Å². The van der Waals surface area contributed by atoms with Crippen LogP contribution >= 0.6 is 0 Å². The molecular formula is C77H73N4OPt-3. The third kappa shape index (κ3) is 11.1. The molecule has 83 heavy (non-hydrogen) atoms. The average molecular weight is 1270 g/mol. The standard InChI is InChI=1S/C77H73N4O.Pt/c1-50-39-72(78-48-67(50)54-25-21-26-56(40-54)74(2,3)4)81-68-30-18-17-29-63(68)64-38-37-62(47-71(64)81)82-61-28-22-27-60(46-61)79-49-80(70-32-20-19-31-69(70)79)73-65(53-35-33-52(34-36-53)51-23-15-14-16-24-51)44-59(77(11,12)13)45-66(73)55-41-57(75(5,6)7)43-58(42-55)76(8,9)10;/h14-45,48-49H,1-13H3;/q-3;/i1D3;. The van der Waals surface area contributed by atoms with Crippen molar-refractivity contribution in [3.05, 3.63) is 247 Å². The fourth-order valence-corrected chi connectivity index (χ4v) is 11.2. The van der Waals surface area contributed by atoms with Crippen LogP contribution in [0.25, 0.3) is 72.1 Å². The van der Waals surface area contributed by atoms with Crippen LogP contribution in [0, 0.1) is 25.7 Å². The van der Waals surface area contributed by atoms with Gasteiger partial charge in [0.25, 0.3) is 0 Å². The molecule has 2 aromatic heterocycles. The molecule has 0 radical (unpaired) electrons. The Morgan fingerprint density at radius 1 is 0.446 bits per heavy atom. The molecule has 0 spiro atoms. The second-order valence-electron chi connectivity index (χ2n) is 26.1. The molecule has 9 aromatic carbocycles. The maximum absolute atomic E-state index is 8.78. The molecule has 3 heterocycles. The van der Waals surface area contributed by atoms with E-state index in [1.165, 1.54) is 27.8 Å². The van der Waals surface area contributed by atoms with E-state index in [0.717, 1.165) is 72.4 Å². The van der Waals surface area contributed by atoms with Gasteiger partial charge in [0.05, 0.1) is 0 Å². The molecule has 5 nitrogen and oxygen atoms in total. The van der Waals surface area contributed by atoms with Gasteiger partial charge >= 0.3 is 0 Å². The first-order valence-electron chi connectivity index (χ1n) is 30.1. The Kier molecular flexibility index (Phi) is 13.8. The largest absolute Gasteiger partial charge is 0.509 e. The van der Waals surface area contributed by atoms with Crippen molar-refractivity contribution in [1.82, 2.24) is 9.55 Å². The van der Waals surface area contributed by atoms with Gasteiger partial charge in [0, 0.05) is 82.1 Å². The van der Waals surface area contributed by atoms with Crippen LogP contribution in [0.5, 0.6) is 11.5 Å². The van der Waals surface area contributed by atoms with E-state index in [0.29, 0.717) is 28.4 Å². The minimum atomic E-state index is -2.42. The van der Waals surface area contributed by atoms with Gasteiger partial charge in [0.15, 0.2) is 0 Å². The van der Waals surface area contributed by atoms with E-state index in [9.17, 15) is 0 Å². The van der Waals surface area contributed by atoms with Crippen LogP contribution in [0.3, 0.4) is 0 Å². The summed E-state index contributed by atoms with van der Waals surface area (Å²) in [6.07, 6.45) is 1.70. The zero-order valence-corrected chi connectivity index (χ0v) is 51.9. The summed E-state index contributed by atoms with van der Waals surface area (Å²) >= 11 is 0. The Labute approximate surface area is 511 Å². The Hall–Kier alpha value is -7.98. The van der Waals surface area contributed by atoms with Crippen molar-refractivity contribution >= 4 is 44.6 Å². The number of rotatable bonds is 9. The minimum absolute atomic E-state index is 0. The van der Waals surface area contributed by atoms with E-state index >= 15 is 0 Å². The van der Waals surface area contributed by atoms with Crippen molar-refractivity contribution in [3.8, 4) is 61.8 Å². The summed E-state index contributed by atoms with van der Waals surface area (Å²) in [5, 5.41) is 1.92. The van der Waals surface area contributed by atoms with Crippen molar-refractivity contribution in [2.75, 3.05) is 9.80 Å². The zero-order valence-electron chi connectivity index (χ0n) is 52.6. The first kappa shape index (κ1) is 53.1. The Balaban J connectivity index is 0.00000768. The number of nitrogens with zero attached hydrogens (tertiary/aromatic N) is 4. The van der Waals surface area contributed by atoms with Gasteiger partial charge in [-0.2, -0.15) is 12.1 Å². The van der Waals surface area contributed by atoms with Gasteiger partial charge in [-0.15, -0.1) is 48.1 Å².